The maximum absolute atomic E-state index is 12.3. The number of nitrogens with one attached hydrogen (secondary N) is 1. The van der Waals surface area contributed by atoms with Gasteiger partial charge in [-0.15, -0.1) is 6.58 Å². The molecule has 1 N–H and O–H groups in total. The van der Waals surface area contributed by atoms with Crippen LogP contribution in [0.4, 0.5) is 22.0 Å². The van der Waals surface area contributed by atoms with Crippen molar-refractivity contribution in [3.8, 4) is 0 Å². The van der Waals surface area contributed by atoms with Gasteiger partial charge in [0.25, 0.3) is 5.91 Å². The highest BCUT2D eigenvalue weighted by atomic mass is 32.2. The minimum Gasteiger partial charge on any atom is -0.350 e. The van der Waals surface area contributed by atoms with Gasteiger partial charge in [0.1, 0.15) is 0 Å². The summed E-state index contributed by atoms with van der Waals surface area (Å²) in [6.07, 6.45) is -4.30. The standard InChI is InChI=1S/C8H10F5NOS/c1-2-4-16-5-3-14-6(15)7(9,10)8(11,12)13/h2H,1,3-5H2,(H,14,15). The van der Waals surface area contributed by atoms with E-state index in [2.05, 4.69) is 6.58 Å². The van der Waals surface area contributed by atoms with Gasteiger partial charge in [0.05, 0.1) is 0 Å². The number of thioether (sulfide) groups is 1. The molecule has 0 aliphatic rings. The predicted molar refractivity (Wildman–Crippen MR) is 51.5 cm³/mol. The minimum absolute atomic E-state index is 0.242. The van der Waals surface area contributed by atoms with Crippen LogP contribution in [0.1, 0.15) is 0 Å². The molecular weight excluding hydrogens is 253 g/mol. The molecular formula is C8H10F5NOS. The summed E-state index contributed by atoms with van der Waals surface area (Å²) in [5.41, 5.74) is 0. The molecule has 8 heteroatoms. The second-order valence-corrected chi connectivity index (χ2v) is 3.84. The molecule has 2 nitrogen and oxygen atoms in total. The molecule has 1 amide bonds. The monoisotopic (exact) mass is 263 g/mol. The molecule has 94 valence electrons. The molecule has 0 aromatic carbocycles. The van der Waals surface area contributed by atoms with Crippen LogP contribution in [0.3, 0.4) is 0 Å². The van der Waals surface area contributed by atoms with Crippen LogP contribution in [0.15, 0.2) is 12.7 Å². The quantitative estimate of drug-likeness (QED) is 0.452. The zero-order valence-corrected chi connectivity index (χ0v) is 8.93. The number of hydrogen-bond acceptors (Lipinski definition) is 2. The van der Waals surface area contributed by atoms with E-state index in [1.807, 2.05) is 0 Å². The molecule has 0 bridgehead atoms. The molecule has 0 radical (unpaired) electrons. The summed E-state index contributed by atoms with van der Waals surface area (Å²) in [7, 11) is 0. The number of rotatable bonds is 6. The third-order valence-corrected chi connectivity index (χ3v) is 2.37. The van der Waals surface area contributed by atoms with E-state index >= 15 is 0 Å². The van der Waals surface area contributed by atoms with Crippen molar-refractivity contribution < 1.29 is 26.7 Å². The SMILES string of the molecule is C=CCSCCNC(=O)C(F)(F)C(F)(F)F. The van der Waals surface area contributed by atoms with E-state index in [-0.39, 0.29) is 12.3 Å². The molecule has 0 aliphatic carbocycles. The number of alkyl halides is 5. The van der Waals surface area contributed by atoms with Crippen molar-refractivity contribution >= 4 is 17.7 Å². The average molecular weight is 263 g/mol. The van der Waals surface area contributed by atoms with Crippen LogP contribution >= 0.6 is 11.8 Å². The summed E-state index contributed by atoms with van der Waals surface area (Å²) in [6, 6.07) is 0. The Kier molecular flexibility index (Phi) is 5.77. The van der Waals surface area contributed by atoms with E-state index in [1.54, 1.807) is 6.08 Å². The number of hydrogen-bond donors (Lipinski definition) is 1. The van der Waals surface area contributed by atoms with E-state index in [9.17, 15) is 26.7 Å². The van der Waals surface area contributed by atoms with Crippen molar-refractivity contribution in [2.45, 2.75) is 12.1 Å². The van der Waals surface area contributed by atoms with Crippen LogP contribution in [0.5, 0.6) is 0 Å². The maximum atomic E-state index is 12.3. The molecule has 0 aliphatic heterocycles. The zero-order chi connectivity index (χ0) is 12.8. The summed E-state index contributed by atoms with van der Waals surface area (Å²) in [5, 5.41) is 1.52. The topological polar surface area (TPSA) is 29.1 Å². The Balaban J connectivity index is 4.02. The van der Waals surface area contributed by atoms with Gasteiger partial charge in [-0.05, 0) is 0 Å². The van der Waals surface area contributed by atoms with Gasteiger partial charge >= 0.3 is 12.1 Å². The van der Waals surface area contributed by atoms with Gasteiger partial charge in [0.2, 0.25) is 0 Å². The fourth-order valence-corrected chi connectivity index (χ4v) is 1.22. The third kappa shape index (κ3) is 4.38. The lowest BCUT2D eigenvalue weighted by Gasteiger charge is -2.18. The van der Waals surface area contributed by atoms with Crippen molar-refractivity contribution in [2.24, 2.45) is 0 Å². The molecule has 16 heavy (non-hydrogen) atoms. The molecule has 0 aromatic rings. The molecule has 0 fully saturated rings. The minimum atomic E-state index is -5.86. The Labute approximate surface area is 93.3 Å². The summed E-state index contributed by atoms with van der Waals surface area (Å²) < 4.78 is 59.7. The number of carbonyl (C=O) groups excluding carboxylic acids is 1. The Hall–Kier alpha value is -0.790. The zero-order valence-electron chi connectivity index (χ0n) is 8.11. The first-order chi connectivity index (χ1) is 7.23. The molecule has 0 unspecified atom stereocenters. The fraction of sp³-hybridized carbons (Fsp3) is 0.625. The van der Waals surface area contributed by atoms with E-state index in [0.717, 1.165) is 0 Å². The molecule has 0 spiro atoms. The second kappa shape index (κ2) is 6.07. The molecule has 0 rings (SSSR count). The Bertz CT molecular complexity index is 253. The van der Waals surface area contributed by atoms with Gasteiger partial charge in [-0.2, -0.15) is 33.7 Å². The lowest BCUT2D eigenvalue weighted by molar-refractivity contribution is -0.269. The Morgan fingerprint density at radius 2 is 1.88 bits per heavy atom. The molecule has 0 saturated heterocycles. The normalized spacial score (nSPS) is 12.3. The molecule has 0 aromatic heterocycles. The second-order valence-electron chi connectivity index (χ2n) is 2.69. The van der Waals surface area contributed by atoms with Gasteiger partial charge < -0.3 is 5.32 Å². The average Bonchev–Trinajstić information content (AvgIpc) is 2.15. The highest BCUT2D eigenvalue weighted by Gasteiger charge is 2.63. The summed E-state index contributed by atoms with van der Waals surface area (Å²) in [4.78, 5) is 10.5. The third-order valence-electron chi connectivity index (χ3n) is 1.41. The van der Waals surface area contributed by atoms with Crippen LogP contribution in [-0.2, 0) is 4.79 Å². The molecule has 0 atom stereocenters. The van der Waals surface area contributed by atoms with E-state index in [1.165, 1.54) is 17.1 Å². The molecule has 0 saturated carbocycles. The van der Waals surface area contributed by atoms with Gasteiger partial charge in [-0.25, -0.2) is 0 Å². The van der Waals surface area contributed by atoms with Crippen molar-refractivity contribution in [1.29, 1.82) is 0 Å². The van der Waals surface area contributed by atoms with Crippen LogP contribution < -0.4 is 5.32 Å². The maximum Gasteiger partial charge on any atom is 0.463 e. The Morgan fingerprint density at radius 3 is 2.31 bits per heavy atom. The first-order valence-electron chi connectivity index (χ1n) is 4.15. The van der Waals surface area contributed by atoms with Crippen LogP contribution in [-0.4, -0.2) is 36.1 Å². The van der Waals surface area contributed by atoms with E-state index in [4.69, 9.17) is 0 Å². The molecule has 0 heterocycles. The largest absolute Gasteiger partial charge is 0.463 e. The smallest absolute Gasteiger partial charge is 0.350 e. The highest BCUT2D eigenvalue weighted by molar-refractivity contribution is 7.99. The Morgan fingerprint density at radius 1 is 1.31 bits per heavy atom. The number of amides is 1. The number of carbonyl (C=O) groups is 1. The first-order valence-corrected chi connectivity index (χ1v) is 5.30. The summed E-state index contributed by atoms with van der Waals surface area (Å²) in [6.45, 7) is 3.14. The summed E-state index contributed by atoms with van der Waals surface area (Å²) >= 11 is 1.25. The van der Waals surface area contributed by atoms with Crippen molar-refractivity contribution in [3.63, 3.8) is 0 Å². The van der Waals surface area contributed by atoms with Gasteiger partial charge in [0.15, 0.2) is 0 Å². The van der Waals surface area contributed by atoms with Crippen molar-refractivity contribution in [1.82, 2.24) is 5.32 Å². The van der Waals surface area contributed by atoms with Crippen LogP contribution in [0.2, 0.25) is 0 Å². The van der Waals surface area contributed by atoms with Crippen molar-refractivity contribution in [3.05, 3.63) is 12.7 Å². The predicted octanol–water partition coefficient (Wildman–Crippen LogP) is 2.22. The van der Waals surface area contributed by atoms with E-state index < -0.39 is 18.0 Å². The lowest BCUT2D eigenvalue weighted by Crippen LogP contribution is -2.50. The lowest BCUT2D eigenvalue weighted by atomic mass is 10.3. The summed E-state index contributed by atoms with van der Waals surface area (Å²) in [5.74, 6) is -6.88. The highest BCUT2D eigenvalue weighted by Crippen LogP contribution is 2.35. The van der Waals surface area contributed by atoms with Gasteiger partial charge in [-0.1, -0.05) is 6.08 Å². The number of halogens is 5. The first kappa shape index (κ1) is 15.2. The fourth-order valence-electron chi connectivity index (χ4n) is 0.643. The van der Waals surface area contributed by atoms with Gasteiger partial charge in [-0.3, -0.25) is 4.79 Å². The van der Waals surface area contributed by atoms with Gasteiger partial charge in [0, 0.05) is 18.1 Å². The van der Waals surface area contributed by atoms with E-state index in [0.29, 0.717) is 5.75 Å². The van der Waals surface area contributed by atoms with Crippen LogP contribution in [0, 0.1) is 0 Å². The van der Waals surface area contributed by atoms with Crippen molar-refractivity contribution in [2.75, 3.05) is 18.1 Å². The van der Waals surface area contributed by atoms with Crippen LogP contribution in [0.25, 0.3) is 0 Å².